The van der Waals surface area contributed by atoms with Crippen LogP contribution in [0.25, 0.3) is 0 Å². The highest BCUT2D eigenvalue weighted by Gasteiger charge is 2.14. The van der Waals surface area contributed by atoms with E-state index in [2.05, 4.69) is 43.4 Å². The topological polar surface area (TPSA) is 21.3 Å². The van der Waals surface area contributed by atoms with Crippen LogP contribution in [0.2, 0.25) is 0 Å². The van der Waals surface area contributed by atoms with Crippen molar-refractivity contribution in [3.05, 3.63) is 29.8 Å². The summed E-state index contributed by atoms with van der Waals surface area (Å²) in [5, 5.41) is 3.48. The molecular formula is C16H25NO. The quantitative estimate of drug-likeness (QED) is 0.761. The van der Waals surface area contributed by atoms with Gasteiger partial charge in [-0.25, -0.2) is 0 Å². The van der Waals surface area contributed by atoms with Gasteiger partial charge < -0.3 is 10.1 Å². The summed E-state index contributed by atoms with van der Waals surface area (Å²) in [4.78, 5) is 0. The number of nitrogens with one attached hydrogen (secondary N) is 1. The number of rotatable bonds is 6. The fourth-order valence-electron chi connectivity index (χ4n) is 2.42. The molecule has 1 fully saturated rings. The standard InChI is InChI=1S/C16H25NO/c1-13(2)14-7-9-15(10-8-14)17-11-3-5-16-6-4-12-18-16/h7-10,13,16-17H,3-6,11-12H2,1-2H3. The first-order chi connectivity index (χ1) is 8.75. The Morgan fingerprint density at radius 2 is 2.06 bits per heavy atom. The van der Waals surface area contributed by atoms with Gasteiger partial charge in [0.1, 0.15) is 0 Å². The smallest absolute Gasteiger partial charge is 0.0576 e. The van der Waals surface area contributed by atoms with E-state index in [1.807, 2.05) is 0 Å². The van der Waals surface area contributed by atoms with Gasteiger partial charge in [-0.3, -0.25) is 0 Å². The predicted molar refractivity (Wildman–Crippen MR) is 77.2 cm³/mol. The van der Waals surface area contributed by atoms with Crippen molar-refractivity contribution in [3.63, 3.8) is 0 Å². The summed E-state index contributed by atoms with van der Waals surface area (Å²) in [6, 6.07) is 8.79. The van der Waals surface area contributed by atoms with Crippen molar-refractivity contribution in [2.24, 2.45) is 0 Å². The van der Waals surface area contributed by atoms with Gasteiger partial charge in [-0.1, -0.05) is 26.0 Å². The van der Waals surface area contributed by atoms with Gasteiger partial charge in [-0.2, -0.15) is 0 Å². The molecular weight excluding hydrogens is 222 g/mol. The minimum Gasteiger partial charge on any atom is -0.385 e. The molecule has 0 spiro atoms. The molecule has 1 saturated heterocycles. The molecule has 100 valence electrons. The molecule has 1 aliphatic rings. The summed E-state index contributed by atoms with van der Waals surface area (Å²) in [6.07, 6.45) is 5.40. The summed E-state index contributed by atoms with van der Waals surface area (Å²) < 4.78 is 5.62. The second-order valence-corrected chi connectivity index (χ2v) is 5.48. The van der Waals surface area contributed by atoms with Gasteiger partial charge in [0.2, 0.25) is 0 Å². The summed E-state index contributed by atoms with van der Waals surface area (Å²) in [5.41, 5.74) is 2.63. The Morgan fingerprint density at radius 1 is 1.28 bits per heavy atom. The Kier molecular flexibility index (Phi) is 5.06. The zero-order valence-electron chi connectivity index (χ0n) is 11.6. The molecule has 0 saturated carbocycles. The highest BCUT2D eigenvalue weighted by molar-refractivity contribution is 5.44. The number of hydrogen-bond donors (Lipinski definition) is 1. The van der Waals surface area contributed by atoms with Gasteiger partial charge in [0, 0.05) is 18.8 Å². The van der Waals surface area contributed by atoms with Crippen LogP contribution in [0.1, 0.15) is 51.0 Å². The predicted octanol–water partition coefficient (Wildman–Crippen LogP) is 4.18. The van der Waals surface area contributed by atoms with E-state index in [-0.39, 0.29) is 0 Å². The molecule has 1 aromatic carbocycles. The number of ether oxygens (including phenoxy) is 1. The van der Waals surface area contributed by atoms with Crippen LogP contribution in [0.3, 0.4) is 0 Å². The van der Waals surface area contributed by atoms with E-state index in [1.165, 1.54) is 36.9 Å². The maximum atomic E-state index is 5.62. The monoisotopic (exact) mass is 247 g/mol. The minimum absolute atomic E-state index is 0.523. The van der Waals surface area contributed by atoms with E-state index in [0.29, 0.717) is 12.0 Å². The molecule has 0 aromatic heterocycles. The lowest BCUT2D eigenvalue weighted by Gasteiger charge is -2.11. The van der Waals surface area contributed by atoms with E-state index in [4.69, 9.17) is 4.74 Å². The molecule has 1 aromatic rings. The second kappa shape index (κ2) is 6.79. The SMILES string of the molecule is CC(C)c1ccc(NCCCC2CCCO2)cc1. The normalized spacial score (nSPS) is 19.4. The first-order valence-corrected chi connectivity index (χ1v) is 7.21. The van der Waals surface area contributed by atoms with Crippen LogP contribution >= 0.6 is 0 Å². The van der Waals surface area contributed by atoms with Crippen LogP contribution in [0, 0.1) is 0 Å². The fraction of sp³-hybridized carbons (Fsp3) is 0.625. The zero-order chi connectivity index (χ0) is 12.8. The van der Waals surface area contributed by atoms with E-state index < -0.39 is 0 Å². The molecule has 1 heterocycles. The van der Waals surface area contributed by atoms with Crippen LogP contribution in [0.15, 0.2) is 24.3 Å². The van der Waals surface area contributed by atoms with Gasteiger partial charge in [0.05, 0.1) is 6.10 Å². The first-order valence-electron chi connectivity index (χ1n) is 7.21. The first kappa shape index (κ1) is 13.4. The molecule has 18 heavy (non-hydrogen) atoms. The Morgan fingerprint density at radius 3 is 2.67 bits per heavy atom. The van der Waals surface area contributed by atoms with Crippen molar-refractivity contribution < 1.29 is 4.74 Å². The average Bonchev–Trinajstić information content (AvgIpc) is 2.88. The lowest BCUT2D eigenvalue weighted by Crippen LogP contribution is -2.09. The lowest BCUT2D eigenvalue weighted by atomic mass is 10.0. The van der Waals surface area contributed by atoms with E-state index >= 15 is 0 Å². The molecule has 0 aliphatic carbocycles. The maximum absolute atomic E-state index is 5.62. The lowest BCUT2D eigenvalue weighted by molar-refractivity contribution is 0.103. The van der Waals surface area contributed by atoms with Crippen molar-refractivity contribution in [1.82, 2.24) is 0 Å². The van der Waals surface area contributed by atoms with Crippen molar-refractivity contribution in [2.45, 2.75) is 51.6 Å². The molecule has 2 nitrogen and oxygen atoms in total. The number of anilines is 1. The Hall–Kier alpha value is -1.02. The van der Waals surface area contributed by atoms with E-state index in [1.54, 1.807) is 0 Å². The molecule has 1 N–H and O–H groups in total. The van der Waals surface area contributed by atoms with Crippen molar-refractivity contribution in [1.29, 1.82) is 0 Å². The third-order valence-electron chi connectivity index (χ3n) is 3.63. The molecule has 0 bridgehead atoms. The van der Waals surface area contributed by atoms with Crippen molar-refractivity contribution in [3.8, 4) is 0 Å². The molecule has 1 aliphatic heterocycles. The molecule has 2 rings (SSSR count). The van der Waals surface area contributed by atoms with Crippen LogP contribution in [-0.2, 0) is 4.74 Å². The molecule has 0 radical (unpaired) electrons. The maximum Gasteiger partial charge on any atom is 0.0576 e. The van der Waals surface area contributed by atoms with Crippen LogP contribution in [0.4, 0.5) is 5.69 Å². The van der Waals surface area contributed by atoms with E-state index in [9.17, 15) is 0 Å². The Balaban J connectivity index is 1.66. The summed E-state index contributed by atoms with van der Waals surface area (Å²) in [7, 11) is 0. The van der Waals surface area contributed by atoms with Crippen molar-refractivity contribution in [2.75, 3.05) is 18.5 Å². The van der Waals surface area contributed by atoms with Gasteiger partial charge in [0.15, 0.2) is 0 Å². The Labute approximate surface area is 111 Å². The van der Waals surface area contributed by atoms with Gasteiger partial charge in [-0.05, 0) is 49.3 Å². The molecule has 1 unspecified atom stereocenters. The second-order valence-electron chi connectivity index (χ2n) is 5.48. The molecule has 1 atom stereocenters. The van der Waals surface area contributed by atoms with Gasteiger partial charge in [0.25, 0.3) is 0 Å². The van der Waals surface area contributed by atoms with Crippen LogP contribution in [-0.4, -0.2) is 19.3 Å². The minimum atomic E-state index is 0.523. The zero-order valence-corrected chi connectivity index (χ0v) is 11.6. The number of benzene rings is 1. The van der Waals surface area contributed by atoms with Crippen molar-refractivity contribution >= 4 is 5.69 Å². The Bertz CT molecular complexity index is 339. The number of hydrogen-bond acceptors (Lipinski definition) is 2. The van der Waals surface area contributed by atoms with Crippen LogP contribution in [0.5, 0.6) is 0 Å². The highest BCUT2D eigenvalue weighted by atomic mass is 16.5. The molecule has 2 heteroatoms. The summed E-state index contributed by atoms with van der Waals surface area (Å²) >= 11 is 0. The third-order valence-corrected chi connectivity index (χ3v) is 3.63. The van der Waals surface area contributed by atoms with Gasteiger partial charge >= 0.3 is 0 Å². The fourth-order valence-corrected chi connectivity index (χ4v) is 2.42. The third kappa shape index (κ3) is 4.02. The molecule has 0 amide bonds. The largest absolute Gasteiger partial charge is 0.385 e. The van der Waals surface area contributed by atoms with Gasteiger partial charge in [-0.15, -0.1) is 0 Å². The van der Waals surface area contributed by atoms with Crippen LogP contribution < -0.4 is 5.32 Å². The average molecular weight is 247 g/mol. The summed E-state index contributed by atoms with van der Waals surface area (Å²) in [5.74, 6) is 0.610. The highest BCUT2D eigenvalue weighted by Crippen LogP contribution is 2.18. The summed E-state index contributed by atoms with van der Waals surface area (Å²) in [6.45, 7) is 6.46. The van der Waals surface area contributed by atoms with E-state index in [0.717, 1.165) is 13.2 Å².